The van der Waals surface area contributed by atoms with E-state index in [1.54, 1.807) is 14.2 Å². The van der Waals surface area contributed by atoms with Crippen LogP contribution in [0.25, 0.3) is 0 Å². The van der Waals surface area contributed by atoms with Crippen LogP contribution in [0.3, 0.4) is 0 Å². The van der Waals surface area contributed by atoms with Gasteiger partial charge in [-0.3, -0.25) is 4.90 Å². The van der Waals surface area contributed by atoms with Crippen LogP contribution in [0, 0.1) is 0 Å². The molecule has 6 nitrogen and oxygen atoms in total. The van der Waals surface area contributed by atoms with E-state index in [1.807, 2.05) is 12.1 Å². The van der Waals surface area contributed by atoms with E-state index in [0.29, 0.717) is 5.75 Å². The molecular weight excluding hydrogens is 346 g/mol. The summed E-state index contributed by atoms with van der Waals surface area (Å²) in [5.41, 5.74) is 4.82. The number of fused-ring (bicyclic) bond motifs is 5. The van der Waals surface area contributed by atoms with Crippen LogP contribution in [0.4, 0.5) is 0 Å². The summed E-state index contributed by atoms with van der Waals surface area (Å²) >= 11 is 0. The summed E-state index contributed by atoms with van der Waals surface area (Å²) in [6.45, 7) is 2.11. The monoisotopic (exact) mass is 369 g/mol. The lowest BCUT2D eigenvalue weighted by atomic mass is 9.76. The summed E-state index contributed by atoms with van der Waals surface area (Å²) in [5, 5.41) is 10.3. The van der Waals surface area contributed by atoms with E-state index in [9.17, 15) is 5.11 Å². The summed E-state index contributed by atoms with van der Waals surface area (Å²) in [6.07, 6.45) is 0.962. The zero-order chi connectivity index (χ0) is 18.5. The van der Waals surface area contributed by atoms with Crippen LogP contribution < -0.4 is 18.9 Å². The molecule has 0 aromatic heterocycles. The fourth-order valence-corrected chi connectivity index (χ4v) is 4.75. The first-order valence-electron chi connectivity index (χ1n) is 9.25. The van der Waals surface area contributed by atoms with Gasteiger partial charge in [0.05, 0.1) is 20.8 Å². The molecule has 0 unspecified atom stereocenters. The Bertz CT molecular complexity index is 897. The molecule has 3 aliphatic rings. The fourth-order valence-electron chi connectivity index (χ4n) is 4.75. The van der Waals surface area contributed by atoms with Crippen LogP contribution in [0.1, 0.15) is 34.2 Å². The molecule has 6 heteroatoms. The Morgan fingerprint density at radius 3 is 2.48 bits per heavy atom. The third-order valence-corrected chi connectivity index (χ3v) is 6.01. The first-order valence-corrected chi connectivity index (χ1v) is 9.25. The van der Waals surface area contributed by atoms with Gasteiger partial charge in [0.1, 0.15) is 0 Å². The molecule has 3 aliphatic heterocycles. The van der Waals surface area contributed by atoms with Crippen LogP contribution in [0.2, 0.25) is 0 Å². The SMILES string of the molecule is COc1cc2c(cc1OC)[C@H](CO)[C@H]1c3cc4c(cc3CCN1C2)OCO4. The number of nitrogens with zero attached hydrogens (tertiary/aromatic N) is 1. The highest BCUT2D eigenvalue weighted by Crippen LogP contribution is 2.50. The summed E-state index contributed by atoms with van der Waals surface area (Å²) in [5.74, 6) is 3.01. The zero-order valence-electron chi connectivity index (χ0n) is 15.5. The van der Waals surface area contributed by atoms with Gasteiger partial charge in [0, 0.05) is 25.0 Å². The average molecular weight is 369 g/mol. The number of methoxy groups -OCH3 is 2. The van der Waals surface area contributed by atoms with Crippen molar-refractivity contribution in [1.82, 2.24) is 4.90 Å². The van der Waals surface area contributed by atoms with E-state index in [2.05, 4.69) is 17.0 Å². The lowest BCUT2D eigenvalue weighted by Gasteiger charge is -2.45. The van der Waals surface area contributed by atoms with Gasteiger partial charge in [0.2, 0.25) is 6.79 Å². The Labute approximate surface area is 158 Å². The van der Waals surface area contributed by atoms with Gasteiger partial charge in [0.25, 0.3) is 0 Å². The zero-order valence-corrected chi connectivity index (χ0v) is 15.5. The van der Waals surface area contributed by atoms with Crippen molar-refractivity contribution in [2.24, 2.45) is 0 Å². The lowest BCUT2D eigenvalue weighted by molar-refractivity contribution is 0.101. The molecule has 27 heavy (non-hydrogen) atoms. The van der Waals surface area contributed by atoms with E-state index >= 15 is 0 Å². The standard InChI is InChI=1S/C21H23NO5/c1-24-17-6-13-9-22-4-3-12-5-19-20(27-11-26-19)8-15(12)21(22)16(10-23)14(13)7-18(17)25-2/h5-8,16,21,23H,3-4,9-11H2,1-2H3/t16-,21+/m0/s1. The molecule has 2 atom stereocenters. The number of aliphatic hydroxyl groups is 1. The van der Waals surface area contributed by atoms with Gasteiger partial charge in [-0.1, -0.05) is 0 Å². The first-order chi connectivity index (χ1) is 13.2. The van der Waals surface area contributed by atoms with Gasteiger partial charge in [-0.2, -0.15) is 0 Å². The van der Waals surface area contributed by atoms with Crippen molar-refractivity contribution in [3.05, 3.63) is 46.5 Å². The highest BCUT2D eigenvalue weighted by atomic mass is 16.7. The van der Waals surface area contributed by atoms with Gasteiger partial charge in [-0.05, 0) is 52.9 Å². The van der Waals surface area contributed by atoms with E-state index in [4.69, 9.17) is 18.9 Å². The van der Waals surface area contributed by atoms with Crippen LogP contribution in [-0.4, -0.2) is 44.2 Å². The number of ether oxygens (including phenoxy) is 4. The van der Waals surface area contributed by atoms with Gasteiger partial charge in [0.15, 0.2) is 23.0 Å². The molecule has 142 valence electrons. The van der Waals surface area contributed by atoms with E-state index in [-0.39, 0.29) is 25.4 Å². The Morgan fingerprint density at radius 1 is 1.00 bits per heavy atom. The van der Waals surface area contributed by atoms with Gasteiger partial charge < -0.3 is 24.1 Å². The van der Waals surface area contributed by atoms with Crippen LogP contribution in [-0.2, 0) is 13.0 Å². The van der Waals surface area contributed by atoms with Gasteiger partial charge in [-0.15, -0.1) is 0 Å². The maximum Gasteiger partial charge on any atom is 0.231 e. The molecule has 0 saturated carbocycles. The molecule has 0 amide bonds. The van der Waals surface area contributed by atoms with E-state index < -0.39 is 0 Å². The number of rotatable bonds is 3. The third-order valence-electron chi connectivity index (χ3n) is 6.01. The second-order valence-corrected chi connectivity index (χ2v) is 7.26. The summed E-state index contributed by atoms with van der Waals surface area (Å²) in [4.78, 5) is 2.44. The molecule has 3 heterocycles. The normalized spacial score (nSPS) is 22.6. The van der Waals surface area contributed by atoms with Crippen molar-refractivity contribution in [2.45, 2.75) is 24.9 Å². The van der Waals surface area contributed by atoms with Crippen molar-refractivity contribution >= 4 is 0 Å². The topological polar surface area (TPSA) is 60.4 Å². The Balaban J connectivity index is 1.63. The maximum atomic E-state index is 10.3. The number of aliphatic hydroxyl groups excluding tert-OH is 1. The quantitative estimate of drug-likeness (QED) is 0.898. The summed E-state index contributed by atoms with van der Waals surface area (Å²) in [7, 11) is 3.29. The smallest absolute Gasteiger partial charge is 0.231 e. The first kappa shape index (κ1) is 16.7. The Hall–Kier alpha value is -2.44. The second-order valence-electron chi connectivity index (χ2n) is 7.26. The minimum Gasteiger partial charge on any atom is -0.493 e. The van der Waals surface area contributed by atoms with Crippen molar-refractivity contribution in [2.75, 3.05) is 34.2 Å². The maximum absolute atomic E-state index is 10.3. The molecule has 0 aliphatic carbocycles. The highest BCUT2D eigenvalue weighted by molar-refractivity contribution is 5.54. The van der Waals surface area contributed by atoms with Crippen molar-refractivity contribution in [3.63, 3.8) is 0 Å². The molecule has 2 aromatic carbocycles. The van der Waals surface area contributed by atoms with Crippen molar-refractivity contribution in [1.29, 1.82) is 0 Å². The molecule has 1 N–H and O–H groups in total. The average Bonchev–Trinajstić information content (AvgIpc) is 3.16. The Kier molecular flexibility index (Phi) is 3.91. The highest BCUT2D eigenvalue weighted by Gasteiger charge is 2.40. The number of benzene rings is 2. The molecule has 0 spiro atoms. The molecule has 5 rings (SSSR count). The predicted molar refractivity (Wildman–Crippen MR) is 98.8 cm³/mol. The molecule has 2 aromatic rings. The second kappa shape index (κ2) is 6.32. The lowest BCUT2D eigenvalue weighted by Crippen LogP contribution is -2.42. The van der Waals surface area contributed by atoms with Gasteiger partial charge >= 0.3 is 0 Å². The summed E-state index contributed by atoms with van der Waals surface area (Å²) in [6, 6.07) is 8.38. The minimum absolute atomic E-state index is 0.0343. The predicted octanol–water partition coefficient (Wildman–Crippen LogP) is 2.62. The summed E-state index contributed by atoms with van der Waals surface area (Å²) < 4.78 is 22.1. The Morgan fingerprint density at radius 2 is 1.74 bits per heavy atom. The fraction of sp³-hybridized carbons (Fsp3) is 0.429. The van der Waals surface area contributed by atoms with E-state index in [0.717, 1.165) is 42.3 Å². The van der Waals surface area contributed by atoms with Crippen LogP contribution in [0.5, 0.6) is 23.0 Å². The van der Waals surface area contributed by atoms with Crippen LogP contribution in [0.15, 0.2) is 24.3 Å². The molecule has 0 saturated heterocycles. The molecule has 0 radical (unpaired) electrons. The third kappa shape index (κ3) is 2.47. The van der Waals surface area contributed by atoms with Gasteiger partial charge in [-0.25, -0.2) is 0 Å². The van der Waals surface area contributed by atoms with E-state index in [1.165, 1.54) is 16.7 Å². The molecule has 0 bridgehead atoms. The van der Waals surface area contributed by atoms with Crippen LogP contribution >= 0.6 is 0 Å². The number of hydrogen-bond acceptors (Lipinski definition) is 6. The number of hydrogen-bond donors (Lipinski definition) is 1. The molecule has 0 fully saturated rings. The van der Waals surface area contributed by atoms with Crippen molar-refractivity contribution in [3.8, 4) is 23.0 Å². The van der Waals surface area contributed by atoms with Crippen molar-refractivity contribution < 1.29 is 24.1 Å². The molecular formula is C21H23NO5. The largest absolute Gasteiger partial charge is 0.493 e. The minimum atomic E-state index is -0.0343.